The maximum atomic E-state index is 9.25. The molecule has 0 aromatic heterocycles. The van der Waals surface area contributed by atoms with Gasteiger partial charge in [-0.05, 0) is 60.3 Å². The Kier molecular flexibility index (Phi) is 4.43. The third-order valence-corrected chi connectivity index (χ3v) is 5.46. The summed E-state index contributed by atoms with van der Waals surface area (Å²) >= 11 is 6.06. The van der Waals surface area contributed by atoms with Crippen molar-refractivity contribution in [1.29, 1.82) is 5.26 Å². The van der Waals surface area contributed by atoms with Crippen molar-refractivity contribution in [2.75, 3.05) is 6.54 Å². The SMILES string of the molecule is CCC(C)(c1ccc(Cl)cc1)C1NCCc2ccc(C#N)cc21. The predicted octanol–water partition coefficient (Wildman–Crippen LogP) is 4.77. The molecule has 0 saturated heterocycles. The zero-order valence-electron chi connectivity index (χ0n) is 13.6. The van der Waals surface area contributed by atoms with E-state index in [0.717, 1.165) is 30.0 Å². The van der Waals surface area contributed by atoms with Crippen LogP contribution in [0.25, 0.3) is 0 Å². The molecule has 2 atom stereocenters. The van der Waals surface area contributed by atoms with Crippen LogP contribution in [0.4, 0.5) is 0 Å². The molecule has 3 rings (SSSR count). The Hall–Kier alpha value is -1.82. The molecule has 0 aliphatic carbocycles. The van der Waals surface area contributed by atoms with Crippen molar-refractivity contribution in [2.24, 2.45) is 0 Å². The molecule has 2 aromatic rings. The van der Waals surface area contributed by atoms with Crippen LogP contribution >= 0.6 is 11.6 Å². The molecule has 1 N–H and O–H groups in total. The highest BCUT2D eigenvalue weighted by atomic mass is 35.5. The molecule has 0 spiro atoms. The quantitative estimate of drug-likeness (QED) is 0.883. The van der Waals surface area contributed by atoms with Crippen LogP contribution in [0.3, 0.4) is 0 Å². The van der Waals surface area contributed by atoms with Crippen LogP contribution in [-0.4, -0.2) is 6.54 Å². The van der Waals surface area contributed by atoms with Gasteiger partial charge in [0.1, 0.15) is 0 Å². The zero-order chi connectivity index (χ0) is 16.4. The fraction of sp³-hybridized carbons (Fsp3) is 0.350. The third-order valence-electron chi connectivity index (χ3n) is 5.20. The molecule has 0 fully saturated rings. The van der Waals surface area contributed by atoms with E-state index in [2.05, 4.69) is 49.5 Å². The van der Waals surface area contributed by atoms with Gasteiger partial charge in [0.15, 0.2) is 0 Å². The summed E-state index contributed by atoms with van der Waals surface area (Å²) in [7, 11) is 0. The minimum Gasteiger partial charge on any atom is -0.309 e. The molecule has 2 aromatic carbocycles. The number of hydrogen-bond donors (Lipinski definition) is 1. The number of rotatable bonds is 3. The molecule has 3 heteroatoms. The van der Waals surface area contributed by atoms with Crippen molar-refractivity contribution in [3.63, 3.8) is 0 Å². The third kappa shape index (κ3) is 2.87. The van der Waals surface area contributed by atoms with Gasteiger partial charge in [-0.2, -0.15) is 5.26 Å². The van der Waals surface area contributed by atoms with E-state index >= 15 is 0 Å². The Morgan fingerprint density at radius 1 is 1.26 bits per heavy atom. The lowest BCUT2D eigenvalue weighted by molar-refractivity contribution is 0.300. The highest BCUT2D eigenvalue weighted by molar-refractivity contribution is 6.30. The number of nitriles is 1. The number of fused-ring (bicyclic) bond motifs is 1. The summed E-state index contributed by atoms with van der Waals surface area (Å²) in [6, 6.07) is 16.7. The van der Waals surface area contributed by atoms with Gasteiger partial charge in [-0.1, -0.05) is 43.6 Å². The number of hydrogen-bond acceptors (Lipinski definition) is 2. The molecule has 118 valence electrons. The molecular weight excluding hydrogens is 304 g/mol. The number of halogens is 1. The van der Waals surface area contributed by atoms with Gasteiger partial charge >= 0.3 is 0 Å². The molecule has 0 saturated carbocycles. The van der Waals surface area contributed by atoms with Crippen molar-refractivity contribution in [3.05, 3.63) is 69.7 Å². The van der Waals surface area contributed by atoms with E-state index < -0.39 is 0 Å². The Bertz CT molecular complexity index is 745. The number of nitrogens with one attached hydrogen (secondary N) is 1. The van der Waals surface area contributed by atoms with Gasteiger partial charge in [-0.25, -0.2) is 0 Å². The van der Waals surface area contributed by atoms with Crippen LogP contribution in [0, 0.1) is 11.3 Å². The Labute approximate surface area is 143 Å². The van der Waals surface area contributed by atoms with Crippen LogP contribution in [0.5, 0.6) is 0 Å². The van der Waals surface area contributed by atoms with E-state index in [0.29, 0.717) is 0 Å². The first-order valence-electron chi connectivity index (χ1n) is 8.11. The van der Waals surface area contributed by atoms with E-state index in [1.807, 2.05) is 18.2 Å². The maximum Gasteiger partial charge on any atom is 0.0991 e. The van der Waals surface area contributed by atoms with E-state index in [4.69, 9.17) is 11.6 Å². The van der Waals surface area contributed by atoms with Crippen LogP contribution < -0.4 is 5.32 Å². The smallest absolute Gasteiger partial charge is 0.0991 e. The fourth-order valence-corrected chi connectivity index (χ4v) is 3.72. The van der Waals surface area contributed by atoms with Crippen molar-refractivity contribution >= 4 is 11.6 Å². The Balaban J connectivity index is 2.10. The van der Waals surface area contributed by atoms with Gasteiger partial charge in [0.05, 0.1) is 11.6 Å². The van der Waals surface area contributed by atoms with Crippen molar-refractivity contribution in [3.8, 4) is 6.07 Å². The lowest BCUT2D eigenvalue weighted by Crippen LogP contribution is -2.43. The van der Waals surface area contributed by atoms with E-state index in [1.54, 1.807) is 0 Å². The predicted molar refractivity (Wildman–Crippen MR) is 94.7 cm³/mol. The first-order chi connectivity index (χ1) is 11.1. The minimum atomic E-state index is -0.0478. The summed E-state index contributed by atoms with van der Waals surface area (Å²) in [5, 5.41) is 13.7. The summed E-state index contributed by atoms with van der Waals surface area (Å²) in [6.45, 7) is 5.48. The van der Waals surface area contributed by atoms with Crippen molar-refractivity contribution in [2.45, 2.75) is 38.1 Å². The first-order valence-corrected chi connectivity index (χ1v) is 8.48. The van der Waals surface area contributed by atoms with E-state index in [-0.39, 0.29) is 11.5 Å². The molecule has 1 aliphatic rings. The normalized spacial score (nSPS) is 19.5. The second kappa shape index (κ2) is 6.35. The minimum absolute atomic E-state index is 0.0478. The van der Waals surface area contributed by atoms with Crippen LogP contribution in [0.2, 0.25) is 5.02 Å². The van der Waals surface area contributed by atoms with Gasteiger partial charge in [0.25, 0.3) is 0 Å². The van der Waals surface area contributed by atoms with Crippen LogP contribution in [-0.2, 0) is 11.8 Å². The summed E-state index contributed by atoms with van der Waals surface area (Å²) in [6.07, 6.45) is 2.01. The number of nitrogens with zero attached hydrogens (tertiary/aromatic N) is 1. The lowest BCUT2D eigenvalue weighted by atomic mass is 9.69. The van der Waals surface area contributed by atoms with Gasteiger partial charge in [0.2, 0.25) is 0 Å². The van der Waals surface area contributed by atoms with Gasteiger partial charge in [-0.15, -0.1) is 0 Å². The second-order valence-electron chi connectivity index (χ2n) is 6.44. The molecule has 23 heavy (non-hydrogen) atoms. The highest BCUT2D eigenvalue weighted by Crippen LogP contribution is 2.43. The van der Waals surface area contributed by atoms with Crippen LogP contribution in [0.1, 0.15) is 48.6 Å². The maximum absolute atomic E-state index is 9.25. The Morgan fingerprint density at radius 3 is 2.65 bits per heavy atom. The topological polar surface area (TPSA) is 35.8 Å². The standard InChI is InChI=1S/C20H21ClN2/c1-3-20(2,16-6-8-17(21)9-7-16)19-18-12-14(13-22)4-5-15(18)10-11-23-19/h4-9,12,19,23H,3,10-11H2,1-2H3. The molecule has 0 bridgehead atoms. The van der Waals surface area contributed by atoms with Gasteiger partial charge in [0, 0.05) is 16.5 Å². The Morgan fingerprint density at radius 2 is 2.00 bits per heavy atom. The molecule has 0 radical (unpaired) electrons. The average molecular weight is 325 g/mol. The molecular formula is C20H21ClN2. The molecule has 2 unspecified atom stereocenters. The summed E-state index contributed by atoms with van der Waals surface area (Å²) < 4.78 is 0. The zero-order valence-corrected chi connectivity index (χ0v) is 14.3. The van der Waals surface area contributed by atoms with Gasteiger partial charge < -0.3 is 5.32 Å². The average Bonchev–Trinajstić information content (AvgIpc) is 2.60. The highest BCUT2D eigenvalue weighted by Gasteiger charge is 2.37. The molecule has 1 heterocycles. The summed E-state index contributed by atoms with van der Waals surface area (Å²) in [4.78, 5) is 0. The largest absolute Gasteiger partial charge is 0.309 e. The first kappa shape index (κ1) is 16.1. The fourth-order valence-electron chi connectivity index (χ4n) is 3.60. The van der Waals surface area contributed by atoms with E-state index in [1.165, 1.54) is 16.7 Å². The number of benzene rings is 2. The molecule has 0 amide bonds. The lowest BCUT2D eigenvalue weighted by Gasteiger charge is -2.42. The van der Waals surface area contributed by atoms with Crippen LogP contribution in [0.15, 0.2) is 42.5 Å². The van der Waals surface area contributed by atoms with Gasteiger partial charge in [-0.3, -0.25) is 0 Å². The van der Waals surface area contributed by atoms with Crippen molar-refractivity contribution < 1.29 is 0 Å². The monoisotopic (exact) mass is 324 g/mol. The summed E-state index contributed by atoms with van der Waals surface area (Å²) in [5.74, 6) is 0. The molecule has 1 aliphatic heterocycles. The molecule has 2 nitrogen and oxygen atoms in total. The second-order valence-corrected chi connectivity index (χ2v) is 6.88. The van der Waals surface area contributed by atoms with E-state index in [9.17, 15) is 5.26 Å². The van der Waals surface area contributed by atoms with Crippen molar-refractivity contribution in [1.82, 2.24) is 5.32 Å². The summed E-state index contributed by atoms with van der Waals surface area (Å²) in [5.41, 5.74) is 4.56.